The maximum atomic E-state index is 13.2. The molecule has 0 spiro atoms. The van der Waals surface area contributed by atoms with E-state index in [1.165, 1.54) is 42.6 Å². The first-order valence-corrected chi connectivity index (χ1v) is 9.56. The van der Waals surface area contributed by atoms with Gasteiger partial charge < -0.3 is 15.7 Å². The molecule has 0 saturated carbocycles. The number of nitrogens with zero attached hydrogens (tertiary/aromatic N) is 2. The first-order valence-electron chi connectivity index (χ1n) is 9.56. The van der Waals surface area contributed by atoms with Crippen molar-refractivity contribution in [3.63, 3.8) is 0 Å². The third-order valence-corrected chi connectivity index (χ3v) is 4.49. The van der Waals surface area contributed by atoms with E-state index >= 15 is 0 Å². The van der Waals surface area contributed by atoms with E-state index in [1.54, 1.807) is 16.8 Å². The Morgan fingerprint density at radius 3 is 2.20 bits per heavy atom. The Labute approximate surface area is 173 Å². The minimum Gasteiger partial charge on any atom is -0.508 e. The fraction of sp³-hybridized carbons (Fsp3) is 0.227. The van der Waals surface area contributed by atoms with Crippen LogP contribution >= 0.6 is 0 Å². The van der Waals surface area contributed by atoms with Crippen LogP contribution in [0.5, 0.6) is 5.75 Å². The molecular formula is C22H23FN4O3. The van der Waals surface area contributed by atoms with Crippen LogP contribution in [-0.2, 0) is 0 Å². The van der Waals surface area contributed by atoms with Gasteiger partial charge >= 0.3 is 0 Å². The molecule has 3 rings (SSSR count). The molecule has 3 aromatic rings. The number of nitrogens with one attached hydrogen (secondary N) is 2. The van der Waals surface area contributed by atoms with Crippen LogP contribution in [0.25, 0.3) is 5.69 Å². The number of hydrogen-bond acceptors (Lipinski definition) is 4. The molecule has 7 nitrogen and oxygen atoms in total. The van der Waals surface area contributed by atoms with E-state index in [9.17, 15) is 19.1 Å². The number of benzene rings is 2. The summed E-state index contributed by atoms with van der Waals surface area (Å²) in [7, 11) is 0. The molecule has 0 fully saturated rings. The zero-order valence-corrected chi connectivity index (χ0v) is 16.7. The fourth-order valence-electron chi connectivity index (χ4n) is 3.04. The molecule has 0 unspecified atom stereocenters. The molecule has 1 heterocycles. The highest BCUT2D eigenvalue weighted by Crippen LogP contribution is 2.23. The van der Waals surface area contributed by atoms with Crippen LogP contribution in [0.1, 0.15) is 46.2 Å². The van der Waals surface area contributed by atoms with Crippen LogP contribution in [0, 0.1) is 5.82 Å². The second-order valence-electron chi connectivity index (χ2n) is 7.05. The van der Waals surface area contributed by atoms with Crippen molar-refractivity contribution in [2.24, 2.45) is 0 Å². The third-order valence-electron chi connectivity index (χ3n) is 4.49. The summed E-state index contributed by atoms with van der Waals surface area (Å²) >= 11 is 0. The second kappa shape index (κ2) is 9.21. The molecule has 156 valence electrons. The SMILES string of the molecule is CC(C)c1c(C(=O)NCCNC(=O)c2ccc(O)cc2)cnn1-c1ccc(F)cc1. The van der Waals surface area contributed by atoms with E-state index in [-0.39, 0.29) is 42.4 Å². The molecule has 2 amide bonds. The van der Waals surface area contributed by atoms with Gasteiger partial charge in [0.2, 0.25) is 0 Å². The van der Waals surface area contributed by atoms with Gasteiger partial charge in [-0.05, 0) is 54.4 Å². The molecule has 30 heavy (non-hydrogen) atoms. The first-order chi connectivity index (χ1) is 14.4. The predicted octanol–water partition coefficient (Wildman–Crippen LogP) is 3.00. The van der Waals surface area contributed by atoms with Crippen LogP contribution in [-0.4, -0.2) is 39.8 Å². The van der Waals surface area contributed by atoms with Crippen molar-refractivity contribution in [1.82, 2.24) is 20.4 Å². The van der Waals surface area contributed by atoms with Gasteiger partial charge in [-0.2, -0.15) is 5.10 Å². The molecule has 3 N–H and O–H groups in total. The van der Waals surface area contributed by atoms with Crippen molar-refractivity contribution < 1.29 is 19.1 Å². The van der Waals surface area contributed by atoms with Crippen molar-refractivity contribution >= 4 is 11.8 Å². The van der Waals surface area contributed by atoms with E-state index in [0.717, 1.165) is 0 Å². The molecule has 0 aliphatic carbocycles. The summed E-state index contributed by atoms with van der Waals surface area (Å²) in [6, 6.07) is 11.8. The van der Waals surface area contributed by atoms with Gasteiger partial charge in [-0.1, -0.05) is 13.8 Å². The van der Waals surface area contributed by atoms with Gasteiger partial charge in [0.05, 0.1) is 23.1 Å². The molecule has 0 atom stereocenters. The summed E-state index contributed by atoms with van der Waals surface area (Å²) in [5.41, 5.74) is 2.23. The van der Waals surface area contributed by atoms with Gasteiger partial charge in [-0.15, -0.1) is 0 Å². The zero-order valence-electron chi connectivity index (χ0n) is 16.7. The van der Waals surface area contributed by atoms with Crippen LogP contribution in [0.15, 0.2) is 54.7 Å². The van der Waals surface area contributed by atoms with Gasteiger partial charge in [-0.3, -0.25) is 9.59 Å². The van der Waals surface area contributed by atoms with E-state index in [0.29, 0.717) is 22.5 Å². The molecule has 0 bridgehead atoms. The van der Waals surface area contributed by atoms with E-state index in [1.807, 2.05) is 13.8 Å². The number of aromatic hydroxyl groups is 1. The van der Waals surface area contributed by atoms with Crippen molar-refractivity contribution in [2.75, 3.05) is 13.1 Å². The Kier molecular flexibility index (Phi) is 6.46. The van der Waals surface area contributed by atoms with Crippen LogP contribution in [0.4, 0.5) is 4.39 Å². The quantitative estimate of drug-likeness (QED) is 0.522. The smallest absolute Gasteiger partial charge is 0.254 e. The largest absolute Gasteiger partial charge is 0.508 e. The van der Waals surface area contributed by atoms with Gasteiger partial charge in [0.25, 0.3) is 11.8 Å². The summed E-state index contributed by atoms with van der Waals surface area (Å²) in [5, 5.41) is 19.1. The average Bonchev–Trinajstić information content (AvgIpc) is 3.17. The van der Waals surface area contributed by atoms with Crippen LogP contribution in [0.3, 0.4) is 0 Å². The maximum Gasteiger partial charge on any atom is 0.254 e. The summed E-state index contributed by atoms with van der Waals surface area (Å²) in [6.45, 7) is 4.38. The Bertz CT molecular complexity index is 1030. The van der Waals surface area contributed by atoms with E-state index < -0.39 is 0 Å². The van der Waals surface area contributed by atoms with Gasteiger partial charge in [-0.25, -0.2) is 9.07 Å². The van der Waals surface area contributed by atoms with Crippen LogP contribution in [0.2, 0.25) is 0 Å². The number of halogens is 1. The number of hydrogen-bond donors (Lipinski definition) is 3. The van der Waals surface area contributed by atoms with Crippen LogP contribution < -0.4 is 10.6 Å². The lowest BCUT2D eigenvalue weighted by molar-refractivity contribution is 0.0927. The number of phenols is 1. The van der Waals surface area contributed by atoms with Gasteiger partial charge in [0.1, 0.15) is 11.6 Å². The Balaban J connectivity index is 1.62. The van der Waals surface area contributed by atoms with E-state index in [4.69, 9.17) is 0 Å². The molecule has 8 heteroatoms. The highest BCUT2D eigenvalue weighted by Gasteiger charge is 2.20. The van der Waals surface area contributed by atoms with Gasteiger partial charge in [0, 0.05) is 18.7 Å². The number of aromatic nitrogens is 2. The highest BCUT2D eigenvalue weighted by atomic mass is 19.1. The lowest BCUT2D eigenvalue weighted by Gasteiger charge is -2.13. The van der Waals surface area contributed by atoms with Crippen molar-refractivity contribution in [2.45, 2.75) is 19.8 Å². The number of carbonyl (C=O) groups excluding carboxylic acids is 2. The average molecular weight is 410 g/mol. The van der Waals surface area contributed by atoms with Gasteiger partial charge in [0.15, 0.2) is 0 Å². The number of phenolic OH excluding ortho intramolecular Hbond substituents is 1. The highest BCUT2D eigenvalue weighted by molar-refractivity contribution is 5.96. The number of amides is 2. The standard InChI is InChI=1S/C22H23FN4O3/c1-14(2)20-19(13-26-27(20)17-7-5-16(23)6-8-17)22(30)25-12-11-24-21(29)15-3-9-18(28)10-4-15/h3-10,13-14,28H,11-12H2,1-2H3,(H,24,29)(H,25,30). The molecule has 0 saturated heterocycles. The molecule has 0 aliphatic heterocycles. The minimum atomic E-state index is -0.343. The summed E-state index contributed by atoms with van der Waals surface area (Å²) in [5.74, 6) is -0.847. The molecule has 1 aromatic heterocycles. The lowest BCUT2D eigenvalue weighted by atomic mass is 10.1. The van der Waals surface area contributed by atoms with Crippen molar-refractivity contribution in [3.05, 3.63) is 77.4 Å². The fourth-order valence-corrected chi connectivity index (χ4v) is 3.04. The Hall–Kier alpha value is -3.68. The molecule has 0 aliphatic rings. The number of rotatable bonds is 7. The topological polar surface area (TPSA) is 96.2 Å². The minimum absolute atomic E-state index is 0.00695. The predicted molar refractivity (Wildman–Crippen MR) is 110 cm³/mol. The normalized spacial score (nSPS) is 10.8. The number of carbonyl (C=O) groups is 2. The third kappa shape index (κ3) is 4.83. The molecule has 2 aromatic carbocycles. The lowest BCUT2D eigenvalue weighted by Crippen LogP contribution is -2.35. The Morgan fingerprint density at radius 1 is 1.00 bits per heavy atom. The molecular weight excluding hydrogens is 387 g/mol. The van der Waals surface area contributed by atoms with Crippen molar-refractivity contribution in [3.8, 4) is 11.4 Å². The maximum absolute atomic E-state index is 13.2. The Morgan fingerprint density at radius 2 is 1.60 bits per heavy atom. The summed E-state index contributed by atoms with van der Waals surface area (Å²) in [4.78, 5) is 24.7. The zero-order chi connectivity index (χ0) is 21.7. The second-order valence-corrected chi connectivity index (χ2v) is 7.05. The molecule has 0 radical (unpaired) electrons. The first kappa shape index (κ1) is 21.0. The van der Waals surface area contributed by atoms with Crippen molar-refractivity contribution in [1.29, 1.82) is 0 Å². The monoisotopic (exact) mass is 410 g/mol. The summed E-state index contributed by atoms with van der Waals surface area (Å²) < 4.78 is 14.8. The van der Waals surface area contributed by atoms with E-state index in [2.05, 4.69) is 15.7 Å². The summed E-state index contributed by atoms with van der Waals surface area (Å²) in [6.07, 6.45) is 1.49.